The SMILES string of the molecule is CCOc1ccc(Cl)c(N=NC(C(C)=O)C(=O)Nc2cc(OC)cc(OC)c2Cl)c1OCC. The number of halogens is 2. The third-order valence-corrected chi connectivity index (χ3v) is 4.96. The Morgan fingerprint density at radius 2 is 1.73 bits per heavy atom. The number of rotatable bonds is 11. The van der Waals surface area contributed by atoms with Gasteiger partial charge in [-0.15, -0.1) is 5.11 Å². The number of benzene rings is 2. The van der Waals surface area contributed by atoms with Crippen molar-refractivity contribution in [1.82, 2.24) is 0 Å². The number of carbonyl (C=O) groups is 2. The van der Waals surface area contributed by atoms with E-state index in [9.17, 15) is 9.59 Å². The lowest BCUT2D eigenvalue weighted by atomic mass is 10.2. The zero-order valence-corrected chi connectivity index (χ0v) is 20.4. The molecule has 1 atom stereocenters. The fourth-order valence-corrected chi connectivity index (χ4v) is 3.16. The van der Waals surface area contributed by atoms with Gasteiger partial charge in [-0.05, 0) is 32.9 Å². The van der Waals surface area contributed by atoms with Crippen molar-refractivity contribution in [3.63, 3.8) is 0 Å². The van der Waals surface area contributed by atoms with Crippen LogP contribution in [0.3, 0.4) is 0 Å². The largest absolute Gasteiger partial charge is 0.497 e. The molecule has 0 saturated heterocycles. The highest BCUT2D eigenvalue weighted by Crippen LogP contribution is 2.43. The molecule has 0 radical (unpaired) electrons. The van der Waals surface area contributed by atoms with Gasteiger partial charge in [-0.1, -0.05) is 23.2 Å². The van der Waals surface area contributed by atoms with E-state index >= 15 is 0 Å². The number of azo groups is 1. The van der Waals surface area contributed by atoms with Crippen molar-refractivity contribution in [3.05, 3.63) is 34.3 Å². The van der Waals surface area contributed by atoms with Gasteiger partial charge in [0.1, 0.15) is 22.2 Å². The second-order valence-electron chi connectivity index (χ2n) is 6.50. The van der Waals surface area contributed by atoms with E-state index in [0.29, 0.717) is 24.7 Å². The molecule has 9 nitrogen and oxygen atoms in total. The Morgan fingerprint density at radius 1 is 1.03 bits per heavy atom. The Kier molecular flexibility index (Phi) is 9.74. The summed E-state index contributed by atoms with van der Waals surface area (Å²) in [6, 6.07) is 4.78. The summed E-state index contributed by atoms with van der Waals surface area (Å²) >= 11 is 12.6. The first-order valence-electron chi connectivity index (χ1n) is 9.99. The summed E-state index contributed by atoms with van der Waals surface area (Å²) in [5.41, 5.74) is 0.329. The summed E-state index contributed by atoms with van der Waals surface area (Å²) < 4.78 is 21.6. The molecular formula is C22H25Cl2N3O6. The zero-order chi connectivity index (χ0) is 24.5. The van der Waals surface area contributed by atoms with E-state index in [0.717, 1.165) is 0 Å². The average molecular weight is 498 g/mol. The minimum atomic E-state index is -1.47. The van der Waals surface area contributed by atoms with Crippen molar-refractivity contribution in [3.8, 4) is 23.0 Å². The van der Waals surface area contributed by atoms with Crippen LogP contribution in [-0.4, -0.2) is 45.2 Å². The number of amides is 1. The minimum Gasteiger partial charge on any atom is -0.497 e. The summed E-state index contributed by atoms with van der Waals surface area (Å²) in [5.74, 6) is 0.0630. The van der Waals surface area contributed by atoms with Gasteiger partial charge in [-0.3, -0.25) is 9.59 Å². The van der Waals surface area contributed by atoms with Gasteiger partial charge in [0, 0.05) is 12.1 Å². The molecule has 0 fully saturated rings. The molecular weight excluding hydrogens is 473 g/mol. The number of ketones is 1. The number of carbonyl (C=O) groups excluding carboxylic acids is 2. The molecule has 11 heteroatoms. The van der Waals surface area contributed by atoms with Crippen molar-refractivity contribution < 1.29 is 28.5 Å². The number of anilines is 1. The summed E-state index contributed by atoms with van der Waals surface area (Å²) in [4.78, 5) is 25.1. The number of hydrogen-bond acceptors (Lipinski definition) is 8. The van der Waals surface area contributed by atoms with Gasteiger partial charge in [0.05, 0.1) is 38.1 Å². The molecule has 0 aromatic heterocycles. The van der Waals surface area contributed by atoms with Gasteiger partial charge in [-0.25, -0.2) is 0 Å². The Hall–Kier alpha value is -3.04. The lowest BCUT2D eigenvalue weighted by molar-refractivity contribution is -0.126. The van der Waals surface area contributed by atoms with Crippen molar-refractivity contribution in [2.45, 2.75) is 26.8 Å². The maximum atomic E-state index is 12.9. The van der Waals surface area contributed by atoms with Crippen LogP contribution in [0.15, 0.2) is 34.5 Å². The Morgan fingerprint density at radius 3 is 2.30 bits per heavy atom. The monoisotopic (exact) mass is 497 g/mol. The second kappa shape index (κ2) is 12.3. The lowest BCUT2D eigenvalue weighted by Crippen LogP contribution is -2.32. The maximum Gasteiger partial charge on any atom is 0.258 e. The highest BCUT2D eigenvalue weighted by molar-refractivity contribution is 6.35. The van der Waals surface area contributed by atoms with Gasteiger partial charge >= 0.3 is 0 Å². The normalized spacial score (nSPS) is 11.7. The van der Waals surface area contributed by atoms with Gasteiger partial charge in [0.25, 0.3) is 5.91 Å². The quantitative estimate of drug-likeness (QED) is 0.324. The number of nitrogens with zero attached hydrogens (tertiary/aromatic N) is 2. The second-order valence-corrected chi connectivity index (χ2v) is 7.28. The fourth-order valence-electron chi connectivity index (χ4n) is 2.74. The van der Waals surface area contributed by atoms with Crippen LogP contribution in [0, 0.1) is 0 Å². The van der Waals surface area contributed by atoms with Crippen LogP contribution in [0.1, 0.15) is 20.8 Å². The highest BCUT2D eigenvalue weighted by Gasteiger charge is 2.26. The Labute approximate surface area is 202 Å². The van der Waals surface area contributed by atoms with Crippen LogP contribution in [0.25, 0.3) is 0 Å². The van der Waals surface area contributed by atoms with E-state index in [4.69, 9.17) is 42.1 Å². The summed E-state index contributed by atoms with van der Waals surface area (Å²) in [6.07, 6.45) is 0. The molecule has 0 aliphatic carbocycles. The molecule has 1 N–H and O–H groups in total. The fraction of sp³-hybridized carbons (Fsp3) is 0.364. The first kappa shape index (κ1) is 26.2. The molecule has 0 aliphatic rings. The first-order valence-corrected chi connectivity index (χ1v) is 10.7. The van der Waals surface area contributed by atoms with Crippen LogP contribution >= 0.6 is 23.2 Å². The smallest absolute Gasteiger partial charge is 0.258 e. The topological polar surface area (TPSA) is 108 Å². The number of ether oxygens (including phenoxy) is 4. The van der Waals surface area contributed by atoms with E-state index in [1.54, 1.807) is 25.1 Å². The number of methoxy groups -OCH3 is 2. The first-order chi connectivity index (χ1) is 15.8. The molecule has 2 aromatic carbocycles. The summed E-state index contributed by atoms with van der Waals surface area (Å²) in [5, 5.41) is 10.9. The molecule has 33 heavy (non-hydrogen) atoms. The van der Waals surface area contributed by atoms with Crippen LogP contribution in [-0.2, 0) is 9.59 Å². The molecule has 0 heterocycles. The Bertz CT molecular complexity index is 1050. The predicted molar refractivity (Wildman–Crippen MR) is 126 cm³/mol. The van der Waals surface area contributed by atoms with E-state index in [-0.39, 0.29) is 32.9 Å². The Balaban J connectivity index is 2.40. The maximum absolute atomic E-state index is 12.9. The molecule has 2 aromatic rings. The standard InChI is InChI=1S/C22H25Cl2N3O6/c1-6-32-16-9-8-14(23)20(21(16)33-7-2)27-26-19(12(3)28)22(29)25-15-10-13(30-4)11-17(31-5)18(15)24/h8-11,19H,6-7H2,1-5H3,(H,25,29). The molecule has 0 bridgehead atoms. The third-order valence-electron chi connectivity index (χ3n) is 4.27. The van der Waals surface area contributed by atoms with E-state index in [1.807, 2.05) is 6.92 Å². The van der Waals surface area contributed by atoms with Gasteiger partial charge in [0.2, 0.25) is 6.04 Å². The zero-order valence-electron chi connectivity index (χ0n) is 18.9. The predicted octanol–water partition coefficient (Wildman–Crippen LogP) is 5.49. The lowest BCUT2D eigenvalue weighted by Gasteiger charge is -2.15. The van der Waals surface area contributed by atoms with Crippen LogP contribution in [0.5, 0.6) is 23.0 Å². The molecule has 0 spiro atoms. The molecule has 0 aliphatic heterocycles. The average Bonchev–Trinajstić information content (AvgIpc) is 2.78. The summed E-state index contributed by atoms with van der Waals surface area (Å²) in [6.45, 7) is 5.53. The van der Waals surface area contributed by atoms with Crippen LogP contribution < -0.4 is 24.3 Å². The van der Waals surface area contributed by atoms with Crippen LogP contribution in [0.2, 0.25) is 10.0 Å². The van der Waals surface area contributed by atoms with E-state index < -0.39 is 17.7 Å². The molecule has 178 valence electrons. The van der Waals surface area contributed by atoms with Gasteiger partial charge in [-0.2, -0.15) is 5.11 Å². The number of nitrogens with one attached hydrogen (secondary N) is 1. The minimum absolute atomic E-state index is 0.136. The molecule has 0 saturated carbocycles. The molecule has 1 amide bonds. The molecule has 1 unspecified atom stereocenters. The van der Waals surface area contributed by atoms with Crippen molar-refractivity contribution in [1.29, 1.82) is 0 Å². The third kappa shape index (κ3) is 6.49. The van der Waals surface area contributed by atoms with Crippen molar-refractivity contribution in [2.24, 2.45) is 10.2 Å². The van der Waals surface area contributed by atoms with E-state index in [1.165, 1.54) is 27.2 Å². The van der Waals surface area contributed by atoms with Crippen molar-refractivity contribution in [2.75, 3.05) is 32.8 Å². The van der Waals surface area contributed by atoms with Crippen molar-refractivity contribution >= 4 is 46.3 Å². The van der Waals surface area contributed by atoms with Gasteiger partial charge < -0.3 is 24.3 Å². The number of hydrogen-bond donors (Lipinski definition) is 1. The van der Waals surface area contributed by atoms with Crippen LogP contribution in [0.4, 0.5) is 11.4 Å². The molecule has 2 rings (SSSR count). The highest BCUT2D eigenvalue weighted by atomic mass is 35.5. The summed E-state index contributed by atoms with van der Waals surface area (Å²) in [7, 11) is 2.88. The van der Waals surface area contributed by atoms with Gasteiger partial charge in [0.15, 0.2) is 17.3 Å². The van der Waals surface area contributed by atoms with E-state index in [2.05, 4.69) is 15.5 Å². The number of Topliss-reactive ketones (excluding diaryl/α,β-unsaturated/α-hetero) is 1.